The van der Waals surface area contributed by atoms with E-state index in [4.69, 9.17) is 11.6 Å². The molecule has 0 fully saturated rings. The molecule has 9 nitrogen and oxygen atoms in total. The Kier molecular flexibility index (Phi) is 5.88. The fourth-order valence-electron chi connectivity index (χ4n) is 2.95. The van der Waals surface area contributed by atoms with Crippen molar-refractivity contribution in [2.24, 2.45) is 0 Å². The van der Waals surface area contributed by atoms with Crippen molar-refractivity contribution in [2.45, 2.75) is 27.1 Å². The molecule has 0 spiro atoms. The van der Waals surface area contributed by atoms with Gasteiger partial charge in [0, 0.05) is 16.8 Å². The first-order valence-corrected chi connectivity index (χ1v) is 10.4. The number of benzene rings is 1. The van der Waals surface area contributed by atoms with Gasteiger partial charge in [-0.05, 0) is 48.0 Å². The maximum Gasteiger partial charge on any atom is 0.278 e. The van der Waals surface area contributed by atoms with E-state index in [0.717, 1.165) is 15.9 Å². The van der Waals surface area contributed by atoms with Gasteiger partial charge in [0.2, 0.25) is 5.95 Å². The van der Waals surface area contributed by atoms with E-state index in [0.29, 0.717) is 17.3 Å². The van der Waals surface area contributed by atoms with Gasteiger partial charge >= 0.3 is 0 Å². The van der Waals surface area contributed by atoms with Gasteiger partial charge in [-0.3, -0.25) is 14.8 Å². The lowest BCUT2D eigenvalue weighted by Gasteiger charge is -2.05. The summed E-state index contributed by atoms with van der Waals surface area (Å²) in [5.41, 5.74) is 2.33. The van der Waals surface area contributed by atoms with E-state index in [1.807, 2.05) is 13.8 Å². The van der Waals surface area contributed by atoms with Crippen molar-refractivity contribution in [3.63, 3.8) is 0 Å². The van der Waals surface area contributed by atoms with E-state index in [1.54, 1.807) is 27.7 Å². The van der Waals surface area contributed by atoms with Crippen molar-refractivity contribution in [3.8, 4) is 0 Å². The highest BCUT2D eigenvalue weighted by Gasteiger charge is 2.15. The molecule has 0 saturated heterocycles. The number of aromatic nitrogens is 7. The summed E-state index contributed by atoms with van der Waals surface area (Å²) in [6, 6.07) is 6.04. The molecule has 1 aromatic carbocycles. The molecule has 0 radical (unpaired) electrons. The quantitative estimate of drug-likeness (QED) is 0.430. The van der Waals surface area contributed by atoms with Gasteiger partial charge in [0.05, 0.1) is 22.4 Å². The maximum absolute atomic E-state index is 13.9. The first kappa shape index (κ1) is 21.2. The van der Waals surface area contributed by atoms with Crippen LogP contribution in [0.25, 0.3) is 0 Å². The molecule has 0 bridgehead atoms. The predicted molar refractivity (Wildman–Crippen MR) is 116 cm³/mol. The average Bonchev–Trinajstić information content (AvgIpc) is 3.43. The van der Waals surface area contributed by atoms with Gasteiger partial charge < -0.3 is 0 Å². The van der Waals surface area contributed by atoms with Crippen molar-refractivity contribution in [2.75, 3.05) is 5.32 Å². The second kappa shape index (κ2) is 8.60. The summed E-state index contributed by atoms with van der Waals surface area (Å²) in [6.45, 7) is 4.29. The van der Waals surface area contributed by atoms with E-state index >= 15 is 0 Å². The van der Waals surface area contributed by atoms with Gasteiger partial charge in [-0.25, -0.2) is 18.7 Å². The van der Waals surface area contributed by atoms with Crippen molar-refractivity contribution in [1.29, 1.82) is 0 Å². The van der Waals surface area contributed by atoms with Gasteiger partial charge in [-0.1, -0.05) is 17.7 Å². The third-order valence-corrected chi connectivity index (χ3v) is 6.09. The second-order valence-corrected chi connectivity index (χ2v) is 7.99. The first-order chi connectivity index (χ1) is 14.8. The van der Waals surface area contributed by atoms with E-state index in [2.05, 4.69) is 41.5 Å². The van der Waals surface area contributed by atoms with Gasteiger partial charge in [-0.2, -0.15) is 10.2 Å². The van der Waals surface area contributed by atoms with E-state index < -0.39 is 11.7 Å². The molecule has 12 heteroatoms. The molecule has 0 saturated carbocycles. The fraction of sp³-hybridized carbons (Fsp3) is 0.211. The SMILES string of the molecule is Cc1nn(Cn2ccc(C(=O)Nc3ncn(Cc4c(F)cccc4Cl)n3)n2)c(C)c1Br. The molecule has 0 unspecified atom stereocenters. The molecule has 1 N–H and O–H groups in total. The lowest BCUT2D eigenvalue weighted by Crippen LogP contribution is -2.16. The molecule has 3 aromatic heterocycles. The molecular formula is C19H17BrClFN8O. The van der Waals surface area contributed by atoms with Crippen LogP contribution < -0.4 is 5.32 Å². The Labute approximate surface area is 190 Å². The molecule has 160 valence electrons. The molecule has 0 aliphatic rings. The Balaban J connectivity index is 1.42. The summed E-state index contributed by atoms with van der Waals surface area (Å²) >= 11 is 9.53. The molecule has 1 amide bonds. The molecule has 31 heavy (non-hydrogen) atoms. The van der Waals surface area contributed by atoms with Crippen LogP contribution >= 0.6 is 27.5 Å². The zero-order valence-corrected chi connectivity index (χ0v) is 18.9. The number of nitrogens with one attached hydrogen (secondary N) is 1. The summed E-state index contributed by atoms with van der Waals surface area (Å²) in [6.07, 6.45) is 3.07. The smallest absolute Gasteiger partial charge is 0.278 e. The van der Waals surface area contributed by atoms with Crippen LogP contribution in [-0.4, -0.2) is 40.2 Å². The molecule has 0 aliphatic heterocycles. The molecule has 3 heterocycles. The van der Waals surface area contributed by atoms with E-state index in [-0.39, 0.29) is 18.2 Å². The standard InChI is InChI=1S/C19H17BrClFN8O/c1-11-17(20)12(2)30(25-11)10-28-7-6-16(26-28)18(31)24-19-23-9-29(27-19)8-13-14(21)4-3-5-15(13)22/h3-7,9H,8,10H2,1-2H3,(H,24,27,31). The Morgan fingerprint density at radius 2 is 2.00 bits per heavy atom. The summed E-state index contributed by atoms with van der Waals surface area (Å²) in [4.78, 5) is 16.5. The van der Waals surface area contributed by atoms with Crippen LogP contribution in [0.2, 0.25) is 5.02 Å². The Morgan fingerprint density at radius 3 is 2.71 bits per heavy atom. The second-order valence-electron chi connectivity index (χ2n) is 6.79. The van der Waals surface area contributed by atoms with Crippen LogP contribution in [-0.2, 0) is 13.2 Å². The first-order valence-electron chi connectivity index (χ1n) is 9.18. The number of amides is 1. The van der Waals surface area contributed by atoms with Crippen LogP contribution in [0.15, 0.2) is 41.3 Å². The molecule has 0 atom stereocenters. The molecule has 4 aromatic rings. The Bertz CT molecular complexity index is 1240. The summed E-state index contributed by atoms with van der Waals surface area (Å²) in [5.74, 6) is -0.821. The van der Waals surface area contributed by atoms with Crippen LogP contribution in [0.1, 0.15) is 27.4 Å². The van der Waals surface area contributed by atoms with Crippen molar-refractivity contribution < 1.29 is 9.18 Å². The number of hydrogen-bond donors (Lipinski definition) is 1. The topological polar surface area (TPSA) is 95.5 Å². The number of hydrogen-bond acceptors (Lipinski definition) is 5. The molecule has 4 rings (SSSR count). The van der Waals surface area contributed by atoms with Gasteiger partial charge in [0.15, 0.2) is 5.69 Å². The highest BCUT2D eigenvalue weighted by atomic mass is 79.9. The van der Waals surface area contributed by atoms with Gasteiger partial charge in [-0.15, -0.1) is 5.10 Å². The lowest BCUT2D eigenvalue weighted by molar-refractivity contribution is 0.102. The van der Waals surface area contributed by atoms with E-state index in [1.165, 1.54) is 23.1 Å². The van der Waals surface area contributed by atoms with Crippen LogP contribution in [0.3, 0.4) is 0 Å². The third kappa shape index (κ3) is 4.52. The minimum atomic E-state index is -0.463. The number of nitrogens with zero attached hydrogens (tertiary/aromatic N) is 7. The minimum Gasteiger partial charge on any atom is -0.288 e. The minimum absolute atomic E-state index is 0.0782. The number of carbonyl (C=O) groups excluding carboxylic acids is 1. The number of carbonyl (C=O) groups is 1. The highest BCUT2D eigenvalue weighted by Crippen LogP contribution is 2.20. The third-order valence-electron chi connectivity index (χ3n) is 4.59. The van der Waals surface area contributed by atoms with Gasteiger partial charge in [0.25, 0.3) is 5.91 Å². The molecular weight excluding hydrogens is 491 g/mol. The summed E-state index contributed by atoms with van der Waals surface area (Å²) < 4.78 is 19.7. The fourth-order valence-corrected chi connectivity index (χ4v) is 3.46. The number of rotatable bonds is 6. The van der Waals surface area contributed by atoms with Crippen LogP contribution in [0.5, 0.6) is 0 Å². The van der Waals surface area contributed by atoms with Crippen molar-refractivity contribution >= 4 is 39.4 Å². The Hall–Kier alpha value is -3.05. The number of halogens is 3. The highest BCUT2D eigenvalue weighted by molar-refractivity contribution is 9.10. The lowest BCUT2D eigenvalue weighted by atomic mass is 10.2. The zero-order chi connectivity index (χ0) is 22.1. The van der Waals surface area contributed by atoms with Gasteiger partial charge in [0.1, 0.15) is 18.8 Å². The summed E-state index contributed by atoms with van der Waals surface area (Å²) in [7, 11) is 0. The van der Waals surface area contributed by atoms with Crippen molar-refractivity contribution in [1.82, 2.24) is 34.3 Å². The van der Waals surface area contributed by atoms with Crippen molar-refractivity contribution in [3.05, 3.63) is 74.7 Å². The predicted octanol–water partition coefficient (Wildman–Crippen LogP) is 3.65. The number of aryl methyl sites for hydroxylation is 1. The Morgan fingerprint density at radius 1 is 1.19 bits per heavy atom. The normalized spacial score (nSPS) is 11.1. The average molecular weight is 508 g/mol. The van der Waals surface area contributed by atoms with E-state index in [9.17, 15) is 9.18 Å². The monoisotopic (exact) mass is 506 g/mol. The summed E-state index contributed by atoms with van der Waals surface area (Å²) in [5, 5.41) is 15.7. The van der Waals surface area contributed by atoms with Crippen LogP contribution in [0, 0.1) is 19.7 Å². The molecule has 0 aliphatic carbocycles. The zero-order valence-electron chi connectivity index (χ0n) is 16.6. The maximum atomic E-state index is 13.9. The van der Waals surface area contributed by atoms with Crippen LogP contribution in [0.4, 0.5) is 10.3 Å². The number of anilines is 1. The largest absolute Gasteiger partial charge is 0.288 e.